The van der Waals surface area contributed by atoms with Crippen molar-refractivity contribution in [3.05, 3.63) is 69.3 Å². The Balaban J connectivity index is 1.59. The first-order chi connectivity index (χ1) is 12.9. The first-order valence-corrected chi connectivity index (χ1v) is 9.19. The fourth-order valence-electron chi connectivity index (χ4n) is 4.22. The molecule has 1 aliphatic heterocycles. The van der Waals surface area contributed by atoms with Gasteiger partial charge in [0.25, 0.3) is 11.5 Å². The first-order valence-electron chi connectivity index (χ1n) is 9.19. The summed E-state index contributed by atoms with van der Waals surface area (Å²) in [4.78, 5) is 21.9. The number of carbonyl (C=O) groups excluding carboxylic acids is 1. The van der Waals surface area contributed by atoms with Crippen LogP contribution < -0.4 is 4.74 Å². The lowest BCUT2D eigenvalue weighted by Gasteiger charge is -2.44. The predicted octanol–water partition coefficient (Wildman–Crippen LogP) is 4.50. The van der Waals surface area contributed by atoms with Gasteiger partial charge in [0, 0.05) is 31.9 Å². The maximum Gasteiger partial charge on any atom is 0.305 e. The molecule has 27 heavy (non-hydrogen) atoms. The van der Waals surface area contributed by atoms with Crippen LogP contribution in [0.3, 0.4) is 0 Å². The van der Waals surface area contributed by atoms with Crippen LogP contribution in [0.5, 0.6) is 5.75 Å². The molecule has 2 unspecified atom stereocenters. The molecule has 0 N–H and O–H groups in total. The monoisotopic (exact) mass is 367 g/mol. The normalized spacial score (nSPS) is 23.1. The highest BCUT2D eigenvalue weighted by molar-refractivity contribution is 5.66. The van der Waals surface area contributed by atoms with Gasteiger partial charge in [-0.15, -0.1) is 0 Å². The van der Waals surface area contributed by atoms with Crippen molar-refractivity contribution in [1.29, 1.82) is 0 Å². The van der Waals surface area contributed by atoms with Crippen LogP contribution in [0.1, 0.15) is 55.2 Å². The van der Waals surface area contributed by atoms with Gasteiger partial charge in [-0.1, -0.05) is 24.3 Å². The lowest BCUT2D eigenvalue weighted by Crippen LogP contribution is -2.47. The Kier molecular flexibility index (Phi) is 4.34. The van der Waals surface area contributed by atoms with E-state index in [-0.39, 0.29) is 11.7 Å². The summed E-state index contributed by atoms with van der Waals surface area (Å²) in [6.45, 7) is 1.42. The largest absolute Gasteiger partial charge is 0.452 e. The number of ether oxygens (including phenoxy) is 2. The molecule has 0 radical (unpaired) electrons. The molecule has 140 valence electrons. The third kappa shape index (κ3) is 3.52. The Morgan fingerprint density at radius 1 is 1.26 bits per heavy atom. The average molecular weight is 367 g/mol. The SMILES string of the molecule is CC(=O)OC12CCCC(C1)c1ccc(Cc3ccc([N+](=O)[O-])cc3)cc1O2. The molecule has 1 aliphatic carbocycles. The summed E-state index contributed by atoms with van der Waals surface area (Å²) in [5.74, 6) is -0.0312. The smallest absolute Gasteiger partial charge is 0.305 e. The summed E-state index contributed by atoms with van der Waals surface area (Å²) in [6, 6.07) is 12.8. The van der Waals surface area contributed by atoms with Gasteiger partial charge in [-0.25, -0.2) is 0 Å². The Morgan fingerprint density at radius 3 is 2.70 bits per heavy atom. The zero-order valence-corrected chi connectivity index (χ0v) is 15.1. The Hall–Kier alpha value is -2.89. The summed E-state index contributed by atoms with van der Waals surface area (Å²) in [5.41, 5.74) is 3.31. The van der Waals surface area contributed by atoms with Gasteiger partial charge in [-0.05, 0) is 47.9 Å². The topological polar surface area (TPSA) is 78.7 Å². The molecule has 2 aromatic rings. The number of nitro groups is 1. The van der Waals surface area contributed by atoms with Gasteiger partial charge in [-0.2, -0.15) is 0 Å². The zero-order valence-electron chi connectivity index (χ0n) is 15.1. The molecule has 4 rings (SSSR count). The number of nitrogens with zero attached hydrogens (tertiary/aromatic N) is 1. The van der Waals surface area contributed by atoms with E-state index in [1.807, 2.05) is 6.07 Å². The predicted molar refractivity (Wildman–Crippen MR) is 98.7 cm³/mol. The van der Waals surface area contributed by atoms with Crippen LogP contribution in [-0.2, 0) is 16.0 Å². The molecule has 1 fully saturated rings. The van der Waals surface area contributed by atoms with E-state index in [4.69, 9.17) is 9.47 Å². The quantitative estimate of drug-likeness (QED) is 0.452. The highest BCUT2D eigenvalue weighted by Gasteiger charge is 2.46. The van der Waals surface area contributed by atoms with Gasteiger partial charge in [0.05, 0.1) is 4.92 Å². The van der Waals surface area contributed by atoms with E-state index in [1.54, 1.807) is 12.1 Å². The lowest BCUT2D eigenvalue weighted by atomic mass is 9.77. The number of carbonyl (C=O) groups is 1. The van der Waals surface area contributed by atoms with Crippen LogP contribution in [0, 0.1) is 10.1 Å². The van der Waals surface area contributed by atoms with E-state index in [9.17, 15) is 14.9 Å². The molecular weight excluding hydrogens is 346 g/mol. The Bertz CT molecular complexity index is 892. The number of esters is 1. The van der Waals surface area contributed by atoms with Crippen molar-refractivity contribution in [2.75, 3.05) is 0 Å². The van der Waals surface area contributed by atoms with Crippen LogP contribution in [0.25, 0.3) is 0 Å². The standard InChI is InChI=1S/C21H21NO5/c1-14(23)26-21-10-2-3-17(13-21)19-9-6-16(12-20(19)27-21)11-15-4-7-18(8-5-15)22(24)25/h4-9,12,17H,2-3,10-11,13H2,1H3. The van der Waals surface area contributed by atoms with Crippen molar-refractivity contribution >= 4 is 11.7 Å². The van der Waals surface area contributed by atoms with Crippen molar-refractivity contribution in [2.45, 2.75) is 50.7 Å². The van der Waals surface area contributed by atoms with Crippen LogP contribution in [0.2, 0.25) is 0 Å². The van der Waals surface area contributed by atoms with Crippen molar-refractivity contribution < 1.29 is 19.2 Å². The molecule has 1 saturated carbocycles. The third-order valence-corrected chi connectivity index (χ3v) is 5.37. The lowest BCUT2D eigenvalue weighted by molar-refractivity contribution is -0.384. The van der Waals surface area contributed by atoms with Gasteiger partial charge in [0.2, 0.25) is 0 Å². The molecule has 2 atom stereocenters. The highest BCUT2D eigenvalue weighted by atomic mass is 16.7. The van der Waals surface area contributed by atoms with E-state index in [2.05, 4.69) is 12.1 Å². The van der Waals surface area contributed by atoms with Crippen LogP contribution in [0.15, 0.2) is 42.5 Å². The molecule has 1 heterocycles. The number of nitro benzene ring substituents is 1. The summed E-state index contributed by atoms with van der Waals surface area (Å²) in [7, 11) is 0. The Morgan fingerprint density at radius 2 is 2.00 bits per heavy atom. The van der Waals surface area contributed by atoms with E-state index < -0.39 is 10.7 Å². The number of rotatable bonds is 4. The van der Waals surface area contributed by atoms with Crippen LogP contribution in [-0.4, -0.2) is 16.7 Å². The first kappa shape index (κ1) is 17.5. The summed E-state index contributed by atoms with van der Waals surface area (Å²) in [6.07, 6.45) is 4.12. The number of fused-ring (bicyclic) bond motifs is 4. The number of hydrogen-bond acceptors (Lipinski definition) is 5. The van der Waals surface area contributed by atoms with Gasteiger partial charge < -0.3 is 9.47 Å². The molecule has 2 aromatic carbocycles. The van der Waals surface area contributed by atoms with Gasteiger partial charge in [-0.3, -0.25) is 14.9 Å². The van der Waals surface area contributed by atoms with Crippen LogP contribution in [0.4, 0.5) is 5.69 Å². The molecule has 6 nitrogen and oxygen atoms in total. The van der Waals surface area contributed by atoms with Gasteiger partial charge in [0.15, 0.2) is 0 Å². The van der Waals surface area contributed by atoms with E-state index in [0.717, 1.165) is 36.1 Å². The molecule has 0 amide bonds. The second-order valence-electron chi connectivity index (χ2n) is 7.37. The molecule has 2 aliphatic rings. The maximum atomic E-state index is 11.6. The van der Waals surface area contributed by atoms with E-state index >= 15 is 0 Å². The van der Waals surface area contributed by atoms with Gasteiger partial charge in [0.1, 0.15) is 5.75 Å². The molecule has 6 heteroatoms. The van der Waals surface area contributed by atoms with Crippen molar-refractivity contribution in [3.63, 3.8) is 0 Å². The summed E-state index contributed by atoms with van der Waals surface area (Å²) < 4.78 is 11.8. The van der Waals surface area contributed by atoms with E-state index in [1.165, 1.54) is 24.6 Å². The van der Waals surface area contributed by atoms with Crippen molar-refractivity contribution in [3.8, 4) is 5.75 Å². The Labute approximate surface area is 157 Å². The van der Waals surface area contributed by atoms with Gasteiger partial charge >= 0.3 is 5.97 Å². The highest BCUT2D eigenvalue weighted by Crippen LogP contribution is 2.49. The third-order valence-electron chi connectivity index (χ3n) is 5.37. The molecule has 0 spiro atoms. The molecular formula is C21H21NO5. The van der Waals surface area contributed by atoms with E-state index in [0.29, 0.717) is 18.8 Å². The van der Waals surface area contributed by atoms with Crippen molar-refractivity contribution in [1.82, 2.24) is 0 Å². The fourth-order valence-corrected chi connectivity index (χ4v) is 4.22. The minimum absolute atomic E-state index is 0.0867. The molecule has 0 saturated heterocycles. The minimum atomic E-state index is -0.840. The maximum absolute atomic E-state index is 11.6. The second-order valence-corrected chi connectivity index (χ2v) is 7.37. The van der Waals surface area contributed by atoms with Crippen LogP contribution >= 0.6 is 0 Å². The molecule has 0 aromatic heterocycles. The molecule has 2 bridgehead atoms. The zero-order chi connectivity index (χ0) is 19.0. The summed E-state index contributed by atoms with van der Waals surface area (Å²) >= 11 is 0. The summed E-state index contributed by atoms with van der Waals surface area (Å²) in [5, 5.41) is 10.8. The number of non-ortho nitro benzene ring substituents is 1. The second kappa shape index (κ2) is 6.68. The minimum Gasteiger partial charge on any atom is -0.452 e. The number of hydrogen-bond donors (Lipinski definition) is 0. The number of benzene rings is 2. The average Bonchev–Trinajstić information content (AvgIpc) is 2.61. The fraction of sp³-hybridized carbons (Fsp3) is 0.381. The van der Waals surface area contributed by atoms with Crippen molar-refractivity contribution in [2.24, 2.45) is 0 Å².